The summed E-state index contributed by atoms with van der Waals surface area (Å²) in [6.07, 6.45) is -4.45. The van der Waals surface area contributed by atoms with Gasteiger partial charge in [-0.25, -0.2) is 0 Å². The summed E-state index contributed by atoms with van der Waals surface area (Å²) >= 11 is 7.30. The third-order valence-corrected chi connectivity index (χ3v) is 4.67. The predicted octanol–water partition coefficient (Wildman–Crippen LogP) is 4.90. The molecular formula is C13H14ClF3N2S. The van der Waals surface area contributed by atoms with E-state index in [1.807, 2.05) is 6.92 Å². The number of hydrogen-bond acceptors (Lipinski definition) is 3. The van der Waals surface area contributed by atoms with Gasteiger partial charge in [-0.2, -0.15) is 13.2 Å². The van der Waals surface area contributed by atoms with Gasteiger partial charge < -0.3 is 5.32 Å². The van der Waals surface area contributed by atoms with Crippen LogP contribution in [-0.4, -0.2) is 17.0 Å². The van der Waals surface area contributed by atoms with Crippen LogP contribution in [0.5, 0.6) is 0 Å². The molecule has 0 spiro atoms. The molecule has 0 aliphatic carbocycles. The van der Waals surface area contributed by atoms with Gasteiger partial charge >= 0.3 is 6.18 Å². The lowest BCUT2D eigenvalue weighted by molar-refractivity contribution is -0.136. The summed E-state index contributed by atoms with van der Waals surface area (Å²) in [5.41, 5.74) is -0.908. The SMILES string of the molecule is CC1CSC(Nc2c(Cl)cccc2C(F)(F)F)=NC1C. The van der Waals surface area contributed by atoms with E-state index in [1.54, 1.807) is 0 Å². The Morgan fingerprint density at radius 1 is 1.35 bits per heavy atom. The molecule has 1 N–H and O–H groups in total. The minimum atomic E-state index is -4.45. The zero-order valence-corrected chi connectivity index (χ0v) is 12.5. The van der Waals surface area contributed by atoms with Crippen LogP contribution in [0.15, 0.2) is 23.2 Å². The molecule has 1 aliphatic heterocycles. The van der Waals surface area contributed by atoms with Crippen LogP contribution in [0.3, 0.4) is 0 Å². The summed E-state index contributed by atoms with van der Waals surface area (Å²) in [7, 11) is 0. The molecule has 2 unspecified atom stereocenters. The first kappa shape index (κ1) is 15.5. The van der Waals surface area contributed by atoms with Crippen LogP contribution in [0.25, 0.3) is 0 Å². The van der Waals surface area contributed by atoms with E-state index in [1.165, 1.54) is 23.9 Å². The third-order valence-electron chi connectivity index (χ3n) is 3.18. The average molecular weight is 323 g/mol. The highest BCUT2D eigenvalue weighted by atomic mass is 35.5. The number of alkyl halides is 3. The summed E-state index contributed by atoms with van der Waals surface area (Å²) in [6.45, 7) is 4.01. The number of halogens is 4. The van der Waals surface area contributed by atoms with Crippen molar-refractivity contribution in [1.82, 2.24) is 0 Å². The normalized spacial score (nSPS) is 23.4. The van der Waals surface area contributed by atoms with E-state index in [-0.39, 0.29) is 16.8 Å². The second-order valence-electron chi connectivity index (χ2n) is 4.75. The molecule has 1 aliphatic rings. The van der Waals surface area contributed by atoms with Gasteiger partial charge in [-0.15, -0.1) is 0 Å². The topological polar surface area (TPSA) is 24.4 Å². The fraction of sp³-hybridized carbons (Fsp3) is 0.462. The fourth-order valence-electron chi connectivity index (χ4n) is 1.76. The maximum atomic E-state index is 13.0. The first-order chi connectivity index (χ1) is 9.29. The maximum absolute atomic E-state index is 13.0. The van der Waals surface area contributed by atoms with Gasteiger partial charge in [-0.05, 0) is 25.0 Å². The standard InChI is InChI=1S/C13H14ClF3N2S/c1-7-6-20-12(18-8(7)2)19-11-9(13(15,16)17)4-3-5-10(11)14/h3-5,7-8H,6H2,1-2H3,(H,18,19). The maximum Gasteiger partial charge on any atom is 0.418 e. The van der Waals surface area contributed by atoms with Crippen molar-refractivity contribution in [2.45, 2.75) is 26.1 Å². The highest BCUT2D eigenvalue weighted by molar-refractivity contribution is 8.14. The zero-order chi connectivity index (χ0) is 14.9. The van der Waals surface area contributed by atoms with Gasteiger partial charge in [0.25, 0.3) is 0 Å². The second-order valence-corrected chi connectivity index (χ2v) is 6.16. The zero-order valence-electron chi connectivity index (χ0n) is 11.0. The molecule has 110 valence electrons. The van der Waals surface area contributed by atoms with Crippen LogP contribution in [0.2, 0.25) is 5.02 Å². The Morgan fingerprint density at radius 2 is 2.05 bits per heavy atom. The van der Waals surface area contributed by atoms with Crippen molar-refractivity contribution in [1.29, 1.82) is 0 Å². The van der Waals surface area contributed by atoms with Crippen molar-refractivity contribution in [3.63, 3.8) is 0 Å². The summed E-state index contributed by atoms with van der Waals surface area (Å²) in [4.78, 5) is 4.37. The van der Waals surface area contributed by atoms with E-state index in [0.717, 1.165) is 11.8 Å². The van der Waals surface area contributed by atoms with Crippen molar-refractivity contribution in [3.8, 4) is 0 Å². The van der Waals surface area contributed by atoms with E-state index < -0.39 is 11.7 Å². The lowest BCUT2D eigenvalue weighted by Crippen LogP contribution is -2.26. The number of hydrogen-bond donors (Lipinski definition) is 1. The van der Waals surface area contributed by atoms with Crippen LogP contribution < -0.4 is 5.32 Å². The molecule has 20 heavy (non-hydrogen) atoms. The predicted molar refractivity (Wildman–Crippen MR) is 78.6 cm³/mol. The van der Waals surface area contributed by atoms with Crippen LogP contribution in [0.1, 0.15) is 19.4 Å². The molecule has 1 heterocycles. The number of aliphatic imine (C=N–C) groups is 1. The molecule has 1 aromatic rings. The first-order valence-electron chi connectivity index (χ1n) is 6.12. The van der Waals surface area contributed by atoms with Gasteiger partial charge in [0, 0.05) is 5.75 Å². The molecule has 0 radical (unpaired) electrons. The Balaban J connectivity index is 2.32. The molecule has 0 saturated heterocycles. The molecule has 0 amide bonds. The molecular weight excluding hydrogens is 309 g/mol. The summed E-state index contributed by atoms with van der Waals surface area (Å²) in [5, 5.41) is 3.25. The first-order valence-corrected chi connectivity index (χ1v) is 7.48. The van der Waals surface area contributed by atoms with E-state index in [4.69, 9.17) is 11.6 Å². The van der Waals surface area contributed by atoms with E-state index in [9.17, 15) is 13.2 Å². The van der Waals surface area contributed by atoms with Crippen molar-refractivity contribution in [2.24, 2.45) is 10.9 Å². The lowest BCUT2D eigenvalue weighted by Gasteiger charge is -2.25. The van der Waals surface area contributed by atoms with E-state index >= 15 is 0 Å². The van der Waals surface area contributed by atoms with Crippen LogP contribution >= 0.6 is 23.4 Å². The van der Waals surface area contributed by atoms with E-state index in [2.05, 4.69) is 17.2 Å². The van der Waals surface area contributed by atoms with E-state index in [0.29, 0.717) is 11.1 Å². The number of thioether (sulfide) groups is 1. The molecule has 0 saturated carbocycles. The van der Waals surface area contributed by atoms with Crippen LogP contribution in [0, 0.1) is 5.92 Å². The minimum absolute atomic E-state index is 0.0365. The highest BCUT2D eigenvalue weighted by Gasteiger charge is 2.35. The molecule has 7 heteroatoms. The minimum Gasteiger partial charge on any atom is -0.333 e. The Bertz CT molecular complexity index is 531. The molecule has 0 bridgehead atoms. The summed E-state index contributed by atoms with van der Waals surface area (Å²) in [6, 6.07) is 3.81. The second kappa shape index (κ2) is 5.85. The van der Waals surface area contributed by atoms with Crippen LogP contribution in [-0.2, 0) is 6.18 Å². The number of rotatable bonds is 1. The lowest BCUT2D eigenvalue weighted by atomic mass is 10.1. The Morgan fingerprint density at radius 3 is 2.65 bits per heavy atom. The Hall–Kier alpha value is -0.880. The monoisotopic (exact) mass is 322 g/mol. The quantitative estimate of drug-likeness (QED) is 0.795. The number of amidine groups is 1. The van der Waals surface area contributed by atoms with Crippen molar-refractivity contribution in [3.05, 3.63) is 28.8 Å². The summed E-state index contributed by atoms with van der Waals surface area (Å²) < 4.78 is 38.9. The van der Waals surface area contributed by atoms with Gasteiger partial charge in [0.05, 0.1) is 22.3 Å². The number of anilines is 1. The van der Waals surface area contributed by atoms with Gasteiger partial charge in [0.1, 0.15) is 0 Å². The van der Waals surface area contributed by atoms with Crippen molar-refractivity contribution in [2.75, 3.05) is 11.1 Å². The average Bonchev–Trinajstić information content (AvgIpc) is 2.35. The van der Waals surface area contributed by atoms with Crippen molar-refractivity contribution >= 4 is 34.2 Å². The van der Waals surface area contributed by atoms with Crippen LogP contribution in [0.4, 0.5) is 18.9 Å². The highest BCUT2D eigenvalue weighted by Crippen LogP contribution is 2.39. The van der Waals surface area contributed by atoms with Crippen molar-refractivity contribution < 1.29 is 13.2 Å². The Labute approximate surface area is 124 Å². The number of nitrogens with zero attached hydrogens (tertiary/aromatic N) is 1. The van der Waals surface area contributed by atoms with Gasteiger partial charge in [-0.3, -0.25) is 4.99 Å². The molecule has 0 fully saturated rings. The molecule has 2 atom stereocenters. The van der Waals surface area contributed by atoms with Gasteiger partial charge in [0.15, 0.2) is 5.17 Å². The number of para-hydroxylation sites is 1. The number of nitrogens with one attached hydrogen (secondary N) is 1. The molecule has 2 nitrogen and oxygen atoms in total. The smallest absolute Gasteiger partial charge is 0.333 e. The Kier molecular flexibility index (Phi) is 4.54. The fourth-order valence-corrected chi connectivity index (χ4v) is 3.10. The number of benzene rings is 1. The molecule has 0 aromatic heterocycles. The third kappa shape index (κ3) is 3.41. The molecule has 2 rings (SSSR count). The molecule has 1 aromatic carbocycles. The van der Waals surface area contributed by atoms with Gasteiger partial charge in [0.2, 0.25) is 0 Å². The largest absolute Gasteiger partial charge is 0.418 e. The summed E-state index contributed by atoms with van der Waals surface area (Å²) in [5.74, 6) is 1.22. The van der Waals surface area contributed by atoms with Gasteiger partial charge in [-0.1, -0.05) is 36.4 Å².